The molecule has 0 aromatic rings. The molecule has 0 spiro atoms. The predicted molar refractivity (Wildman–Crippen MR) is 67.4 cm³/mol. The van der Waals surface area contributed by atoms with Gasteiger partial charge in [-0.15, -0.1) is 0 Å². The van der Waals surface area contributed by atoms with Crippen molar-refractivity contribution >= 4 is 7.26 Å². The molecule has 0 fully saturated rings. The minimum absolute atomic E-state index is 0.830. The van der Waals surface area contributed by atoms with Crippen LogP contribution in [0.1, 0.15) is 41.5 Å². The van der Waals surface area contributed by atoms with E-state index in [9.17, 15) is 0 Å². The maximum Gasteiger partial charge on any atom is 0.0778 e. The van der Waals surface area contributed by atoms with Crippen molar-refractivity contribution in [2.24, 2.45) is 0 Å². The molecule has 0 saturated carbocycles. The first kappa shape index (κ1) is 13.2. The van der Waals surface area contributed by atoms with E-state index in [0.29, 0.717) is 0 Å². The molecule has 0 amide bonds. The predicted octanol–water partition coefficient (Wildman–Crippen LogP) is 4.42. The summed E-state index contributed by atoms with van der Waals surface area (Å²) in [5, 5.41) is 0. The molecule has 0 unspecified atom stereocenters. The molecular weight excluding hydrogens is 175 g/mol. The zero-order valence-electron chi connectivity index (χ0n) is 10.2. The van der Waals surface area contributed by atoms with Crippen molar-refractivity contribution in [3.8, 4) is 0 Å². The molecule has 0 aromatic heterocycles. The minimum atomic E-state index is -0.830. The molecule has 0 saturated heterocycles. The highest BCUT2D eigenvalue weighted by atomic mass is 31.2. The summed E-state index contributed by atoms with van der Waals surface area (Å²) < 4.78 is 0. The van der Waals surface area contributed by atoms with E-state index in [1.165, 1.54) is 6.16 Å². The lowest BCUT2D eigenvalue weighted by molar-refractivity contribution is 0.911. The molecule has 0 rings (SSSR count). The summed E-state index contributed by atoms with van der Waals surface area (Å²) in [6.07, 6.45) is 3.38. The van der Waals surface area contributed by atoms with E-state index in [4.69, 9.17) is 0 Å². The SMILES string of the molecule is C=CC[P+](C(C)C)(C(C)C)C(C)C. The second kappa shape index (κ2) is 5.15. The third-order valence-corrected chi connectivity index (χ3v) is 9.99. The van der Waals surface area contributed by atoms with Crippen LogP contribution >= 0.6 is 7.26 Å². The number of rotatable bonds is 5. The van der Waals surface area contributed by atoms with Gasteiger partial charge in [-0.25, -0.2) is 0 Å². The van der Waals surface area contributed by atoms with E-state index in [0.717, 1.165) is 17.0 Å². The highest BCUT2D eigenvalue weighted by Gasteiger charge is 2.45. The monoisotopic (exact) mass is 201 g/mol. The van der Waals surface area contributed by atoms with Gasteiger partial charge in [-0.2, -0.15) is 0 Å². The summed E-state index contributed by atoms with van der Waals surface area (Å²) in [4.78, 5) is 0. The zero-order valence-corrected chi connectivity index (χ0v) is 11.1. The fraction of sp³-hybridized carbons (Fsp3) is 0.833. The molecule has 0 aromatic carbocycles. The summed E-state index contributed by atoms with van der Waals surface area (Å²) in [5.41, 5.74) is 2.52. The number of hydrogen-bond acceptors (Lipinski definition) is 0. The lowest BCUT2D eigenvalue weighted by atomic mass is 10.5. The van der Waals surface area contributed by atoms with Crippen molar-refractivity contribution in [3.05, 3.63) is 12.7 Å². The Morgan fingerprint density at radius 2 is 1.23 bits per heavy atom. The van der Waals surface area contributed by atoms with Crippen molar-refractivity contribution in [1.29, 1.82) is 0 Å². The van der Waals surface area contributed by atoms with Crippen molar-refractivity contribution < 1.29 is 0 Å². The van der Waals surface area contributed by atoms with Gasteiger partial charge in [-0.1, -0.05) is 12.7 Å². The van der Waals surface area contributed by atoms with E-state index in [1.807, 2.05) is 0 Å². The standard InChI is InChI=1S/C12H26P/c1-8-9-13(10(2)3,11(4)5)12(6)7/h8,10-12H,1,9H2,2-7H3/q+1. The fourth-order valence-corrected chi connectivity index (χ4v) is 7.93. The van der Waals surface area contributed by atoms with Crippen molar-refractivity contribution in [2.45, 2.75) is 58.5 Å². The average Bonchev–Trinajstić information content (AvgIpc) is 1.97. The van der Waals surface area contributed by atoms with E-state index >= 15 is 0 Å². The van der Waals surface area contributed by atoms with Crippen LogP contribution in [-0.2, 0) is 0 Å². The normalized spacial score (nSPS) is 13.0. The van der Waals surface area contributed by atoms with Gasteiger partial charge >= 0.3 is 0 Å². The van der Waals surface area contributed by atoms with Gasteiger partial charge in [0, 0.05) is 7.26 Å². The van der Waals surface area contributed by atoms with E-state index in [1.54, 1.807) is 0 Å². The van der Waals surface area contributed by atoms with Crippen LogP contribution in [0.4, 0.5) is 0 Å². The molecule has 0 bridgehead atoms. The van der Waals surface area contributed by atoms with E-state index in [-0.39, 0.29) is 0 Å². The van der Waals surface area contributed by atoms with Gasteiger partial charge < -0.3 is 0 Å². The van der Waals surface area contributed by atoms with Gasteiger partial charge in [0.05, 0.1) is 23.1 Å². The highest BCUT2D eigenvalue weighted by Crippen LogP contribution is 2.69. The second-order valence-corrected chi connectivity index (χ2v) is 10.2. The Morgan fingerprint density at radius 3 is 1.31 bits per heavy atom. The molecule has 0 aliphatic heterocycles. The largest absolute Gasteiger partial charge is 0.0995 e. The Labute approximate surface area is 85.1 Å². The highest BCUT2D eigenvalue weighted by molar-refractivity contribution is 7.77. The lowest BCUT2D eigenvalue weighted by Crippen LogP contribution is -2.25. The van der Waals surface area contributed by atoms with Crippen molar-refractivity contribution in [2.75, 3.05) is 6.16 Å². The van der Waals surface area contributed by atoms with Crippen LogP contribution in [0.3, 0.4) is 0 Å². The van der Waals surface area contributed by atoms with Crippen LogP contribution in [0.2, 0.25) is 0 Å². The topological polar surface area (TPSA) is 0 Å². The molecule has 78 valence electrons. The molecule has 0 aliphatic carbocycles. The smallest absolute Gasteiger partial charge is 0.0778 e. The maximum atomic E-state index is 3.92. The van der Waals surface area contributed by atoms with Crippen LogP contribution in [0.5, 0.6) is 0 Å². The molecule has 1 heteroatoms. The quantitative estimate of drug-likeness (QED) is 0.456. The molecule has 0 aliphatic rings. The van der Waals surface area contributed by atoms with E-state index in [2.05, 4.69) is 54.2 Å². The molecular formula is C12H26P+. The fourth-order valence-electron chi connectivity index (χ4n) is 2.64. The van der Waals surface area contributed by atoms with Crippen molar-refractivity contribution in [3.63, 3.8) is 0 Å². The summed E-state index contributed by atoms with van der Waals surface area (Å²) in [5.74, 6) is 0. The maximum absolute atomic E-state index is 3.92. The molecule has 0 heterocycles. The number of hydrogen-bond donors (Lipinski definition) is 0. The first-order chi connectivity index (χ1) is 5.89. The number of allylic oxidation sites excluding steroid dienone is 1. The zero-order chi connectivity index (χ0) is 10.6. The first-order valence-corrected chi connectivity index (χ1v) is 7.55. The summed E-state index contributed by atoms with van der Waals surface area (Å²) in [6, 6.07) is 0. The molecule has 0 atom stereocenters. The lowest BCUT2D eigenvalue weighted by Gasteiger charge is -2.37. The Hall–Kier alpha value is 0.170. The van der Waals surface area contributed by atoms with E-state index < -0.39 is 7.26 Å². The van der Waals surface area contributed by atoms with Gasteiger partial charge in [0.1, 0.15) is 0 Å². The Kier molecular flexibility index (Phi) is 5.22. The Morgan fingerprint density at radius 1 is 0.923 bits per heavy atom. The van der Waals surface area contributed by atoms with Gasteiger partial charge in [-0.3, -0.25) is 0 Å². The summed E-state index contributed by atoms with van der Waals surface area (Å²) >= 11 is 0. The van der Waals surface area contributed by atoms with Gasteiger partial charge in [0.2, 0.25) is 0 Å². The second-order valence-electron chi connectivity index (χ2n) is 4.75. The third kappa shape index (κ3) is 2.56. The van der Waals surface area contributed by atoms with Crippen LogP contribution in [0.25, 0.3) is 0 Å². The Bertz CT molecular complexity index is 135. The average molecular weight is 201 g/mol. The minimum Gasteiger partial charge on any atom is -0.0995 e. The summed E-state index contributed by atoms with van der Waals surface area (Å²) in [7, 11) is -0.830. The van der Waals surface area contributed by atoms with Gasteiger partial charge in [-0.05, 0) is 41.5 Å². The molecule has 0 N–H and O–H groups in total. The molecule has 13 heavy (non-hydrogen) atoms. The molecule has 0 radical (unpaired) electrons. The third-order valence-electron chi connectivity index (χ3n) is 3.33. The first-order valence-electron chi connectivity index (χ1n) is 5.37. The summed E-state index contributed by atoms with van der Waals surface area (Å²) in [6.45, 7) is 18.2. The van der Waals surface area contributed by atoms with Crippen LogP contribution in [0.15, 0.2) is 12.7 Å². The van der Waals surface area contributed by atoms with Gasteiger partial charge in [0.15, 0.2) is 0 Å². The van der Waals surface area contributed by atoms with Crippen LogP contribution in [-0.4, -0.2) is 23.1 Å². The van der Waals surface area contributed by atoms with Crippen LogP contribution in [0, 0.1) is 0 Å². The van der Waals surface area contributed by atoms with Crippen LogP contribution < -0.4 is 0 Å². The Balaban J connectivity index is 4.92. The van der Waals surface area contributed by atoms with Gasteiger partial charge in [0.25, 0.3) is 0 Å². The molecule has 0 nitrogen and oxygen atoms in total. The van der Waals surface area contributed by atoms with Crippen molar-refractivity contribution in [1.82, 2.24) is 0 Å².